The van der Waals surface area contributed by atoms with Crippen molar-refractivity contribution in [2.45, 2.75) is 51.5 Å². The Balaban J connectivity index is 1.74. The predicted molar refractivity (Wildman–Crippen MR) is 118 cm³/mol. The summed E-state index contributed by atoms with van der Waals surface area (Å²) in [6.45, 7) is 9.98. The van der Waals surface area contributed by atoms with Crippen molar-refractivity contribution in [1.82, 2.24) is 4.72 Å². The van der Waals surface area contributed by atoms with Crippen LogP contribution >= 0.6 is 0 Å². The van der Waals surface area contributed by atoms with Crippen LogP contribution in [0.4, 0.5) is 5.69 Å². The van der Waals surface area contributed by atoms with Crippen molar-refractivity contribution in [2.24, 2.45) is 5.92 Å². The van der Waals surface area contributed by atoms with Crippen LogP contribution in [0.2, 0.25) is 0 Å². The van der Waals surface area contributed by atoms with E-state index in [-0.39, 0.29) is 6.04 Å². The number of methoxy groups -OCH3 is 1. The lowest BCUT2D eigenvalue weighted by atomic mass is 9.98. The van der Waals surface area contributed by atoms with Crippen molar-refractivity contribution in [3.63, 3.8) is 0 Å². The van der Waals surface area contributed by atoms with Gasteiger partial charge in [0.1, 0.15) is 5.75 Å². The van der Waals surface area contributed by atoms with Crippen LogP contribution < -0.4 is 14.4 Å². The number of hydrogen-bond donors (Lipinski definition) is 1. The van der Waals surface area contributed by atoms with Gasteiger partial charge in [-0.1, -0.05) is 19.1 Å². The third-order valence-corrected chi connectivity index (χ3v) is 7.54. The molecule has 2 aromatic carbocycles. The third kappa shape index (κ3) is 4.93. The van der Waals surface area contributed by atoms with Gasteiger partial charge in [-0.2, -0.15) is 0 Å². The average Bonchev–Trinajstić information content (AvgIpc) is 2.69. The van der Waals surface area contributed by atoms with Crippen molar-refractivity contribution in [3.8, 4) is 5.75 Å². The molecular formula is C23H32N2O3S. The van der Waals surface area contributed by atoms with Crippen molar-refractivity contribution in [1.29, 1.82) is 0 Å². The predicted octanol–water partition coefficient (Wildman–Crippen LogP) is 4.59. The highest BCUT2D eigenvalue weighted by Gasteiger charge is 2.22. The van der Waals surface area contributed by atoms with Gasteiger partial charge in [-0.15, -0.1) is 0 Å². The number of nitrogens with one attached hydrogen (secondary N) is 1. The third-order valence-electron chi connectivity index (χ3n) is 5.86. The van der Waals surface area contributed by atoms with E-state index in [0.717, 1.165) is 30.1 Å². The Hall–Kier alpha value is -2.05. The zero-order chi connectivity index (χ0) is 21.2. The van der Waals surface area contributed by atoms with Crippen LogP contribution in [0, 0.1) is 19.8 Å². The van der Waals surface area contributed by atoms with E-state index in [1.54, 1.807) is 26.2 Å². The molecule has 1 heterocycles. The zero-order valence-electron chi connectivity index (χ0n) is 18.0. The molecule has 0 saturated carbocycles. The lowest BCUT2D eigenvalue weighted by molar-refractivity contribution is 0.411. The average molecular weight is 417 g/mol. The van der Waals surface area contributed by atoms with E-state index >= 15 is 0 Å². The van der Waals surface area contributed by atoms with Gasteiger partial charge in [-0.05, 0) is 80.5 Å². The first-order valence-electron chi connectivity index (χ1n) is 10.2. The number of benzene rings is 2. The zero-order valence-corrected chi connectivity index (χ0v) is 18.8. The Labute approximate surface area is 175 Å². The highest BCUT2D eigenvalue weighted by atomic mass is 32.2. The fraction of sp³-hybridized carbons (Fsp3) is 0.478. The first-order chi connectivity index (χ1) is 13.7. The van der Waals surface area contributed by atoms with Gasteiger partial charge in [-0.25, -0.2) is 13.1 Å². The van der Waals surface area contributed by atoms with Crippen LogP contribution in [0.3, 0.4) is 0 Å². The Morgan fingerprint density at radius 3 is 2.28 bits per heavy atom. The molecule has 6 heteroatoms. The molecule has 0 aromatic heterocycles. The molecular weight excluding hydrogens is 384 g/mol. The van der Waals surface area contributed by atoms with E-state index in [1.165, 1.54) is 18.5 Å². The van der Waals surface area contributed by atoms with E-state index in [1.807, 2.05) is 26.0 Å². The Bertz CT molecular complexity index is 947. The second-order valence-corrected chi connectivity index (χ2v) is 9.87. The molecule has 1 N–H and O–H groups in total. The van der Waals surface area contributed by atoms with Crippen molar-refractivity contribution < 1.29 is 13.2 Å². The molecule has 29 heavy (non-hydrogen) atoms. The monoisotopic (exact) mass is 416 g/mol. The Kier molecular flexibility index (Phi) is 6.54. The number of anilines is 1. The van der Waals surface area contributed by atoms with E-state index < -0.39 is 10.0 Å². The summed E-state index contributed by atoms with van der Waals surface area (Å²) < 4.78 is 34.1. The lowest BCUT2D eigenvalue weighted by Crippen LogP contribution is -2.32. The number of sulfonamides is 1. The molecule has 2 aromatic rings. The Morgan fingerprint density at radius 2 is 1.69 bits per heavy atom. The summed E-state index contributed by atoms with van der Waals surface area (Å²) in [7, 11) is -2.05. The molecule has 0 spiro atoms. The van der Waals surface area contributed by atoms with E-state index in [0.29, 0.717) is 16.2 Å². The summed E-state index contributed by atoms with van der Waals surface area (Å²) in [6, 6.07) is 11.3. The van der Waals surface area contributed by atoms with E-state index in [9.17, 15) is 8.42 Å². The van der Waals surface area contributed by atoms with Crippen LogP contribution in [-0.2, 0) is 10.0 Å². The highest BCUT2D eigenvalue weighted by Crippen LogP contribution is 2.28. The molecule has 0 aliphatic carbocycles. The molecule has 3 rings (SSSR count). The summed E-state index contributed by atoms with van der Waals surface area (Å²) in [5.74, 6) is 1.49. The first-order valence-corrected chi connectivity index (χ1v) is 11.7. The van der Waals surface area contributed by atoms with Gasteiger partial charge in [0.05, 0.1) is 12.0 Å². The first kappa shape index (κ1) is 21.7. The van der Waals surface area contributed by atoms with Gasteiger partial charge in [-0.3, -0.25) is 0 Å². The maximum absolute atomic E-state index is 13.0. The molecule has 0 amide bonds. The van der Waals surface area contributed by atoms with Crippen LogP contribution in [-0.4, -0.2) is 28.6 Å². The molecule has 158 valence electrons. The molecule has 0 unspecified atom stereocenters. The normalized spacial score (nSPS) is 16.7. The molecule has 1 aliphatic rings. The second-order valence-electron chi connectivity index (χ2n) is 8.19. The van der Waals surface area contributed by atoms with Crippen LogP contribution in [0.1, 0.15) is 49.4 Å². The minimum Gasteiger partial charge on any atom is -0.496 e. The quantitative estimate of drug-likeness (QED) is 0.748. The number of hydrogen-bond acceptors (Lipinski definition) is 4. The number of ether oxygens (including phenoxy) is 1. The fourth-order valence-corrected chi connectivity index (χ4v) is 5.42. The van der Waals surface area contributed by atoms with Gasteiger partial charge in [0, 0.05) is 24.8 Å². The van der Waals surface area contributed by atoms with Gasteiger partial charge in [0.2, 0.25) is 10.0 Å². The maximum atomic E-state index is 13.0. The number of piperidine rings is 1. The number of rotatable bonds is 6. The fourth-order valence-electron chi connectivity index (χ4n) is 3.88. The van der Waals surface area contributed by atoms with E-state index in [2.05, 4.69) is 28.7 Å². The second kappa shape index (κ2) is 8.76. The number of nitrogens with zero attached hydrogens (tertiary/aromatic N) is 1. The van der Waals surface area contributed by atoms with Gasteiger partial charge in [0.25, 0.3) is 0 Å². The Morgan fingerprint density at radius 1 is 1.07 bits per heavy atom. The standard InChI is InChI=1S/C23H32N2O3S/c1-16-10-12-25(13-11-16)21-8-6-20(7-9-21)19(4)24-29(26,27)23-15-17(2)22(28-5)14-18(23)3/h6-9,14-16,19,24H,10-13H2,1-5H3/t19-/m0/s1. The van der Waals surface area contributed by atoms with Crippen molar-refractivity contribution in [2.75, 3.05) is 25.1 Å². The number of aryl methyl sites for hydroxylation is 2. The van der Waals surface area contributed by atoms with Gasteiger partial charge < -0.3 is 9.64 Å². The largest absolute Gasteiger partial charge is 0.496 e. The maximum Gasteiger partial charge on any atom is 0.241 e. The minimum absolute atomic E-state index is 0.293. The van der Waals surface area contributed by atoms with Crippen molar-refractivity contribution in [3.05, 3.63) is 53.1 Å². The van der Waals surface area contributed by atoms with E-state index in [4.69, 9.17) is 4.74 Å². The van der Waals surface area contributed by atoms with Crippen molar-refractivity contribution >= 4 is 15.7 Å². The lowest BCUT2D eigenvalue weighted by Gasteiger charge is -2.32. The summed E-state index contributed by atoms with van der Waals surface area (Å²) >= 11 is 0. The summed E-state index contributed by atoms with van der Waals surface area (Å²) in [6.07, 6.45) is 2.44. The molecule has 1 atom stereocenters. The molecule has 1 fully saturated rings. The molecule has 0 radical (unpaired) electrons. The van der Waals surface area contributed by atoms with Gasteiger partial charge in [0.15, 0.2) is 0 Å². The van der Waals surface area contributed by atoms with Crippen LogP contribution in [0.15, 0.2) is 41.3 Å². The van der Waals surface area contributed by atoms with Crippen LogP contribution in [0.5, 0.6) is 5.75 Å². The van der Waals surface area contributed by atoms with Gasteiger partial charge >= 0.3 is 0 Å². The minimum atomic E-state index is -3.64. The molecule has 1 aliphatic heterocycles. The van der Waals surface area contributed by atoms with Crippen LogP contribution in [0.25, 0.3) is 0 Å². The highest BCUT2D eigenvalue weighted by molar-refractivity contribution is 7.89. The molecule has 5 nitrogen and oxygen atoms in total. The smallest absolute Gasteiger partial charge is 0.241 e. The summed E-state index contributed by atoms with van der Waals surface area (Å²) in [5.41, 5.74) is 3.62. The molecule has 1 saturated heterocycles. The topological polar surface area (TPSA) is 58.6 Å². The summed E-state index contributed by atoms with van der Waals surface area (Å²) in [4.78, 5) is 2.70. The summed E-state index contributed by atoms with van der Waals surface area (Å²) in [5, 5.41) is 0. The molecule has 0 bridgehead atoms. The SMILES string of the molecule is COc1cc(C)c(S(=O)(=O)N[C@@H](C)c2ccc(N3CCC(C)CC3)cc2)cc1C.